The lowest BCUT2D eigenvalue weighted by atomic mass is 10.2. The third-order valence-corrected chi connectivity index (χ3v) is 3.09. The minimum Gasteiger partial charge on any atom is -0.264 e. The van der Waals surface area contributed by atoms with Crippen molar-refractivity contribution in [1.82, 2.24) is 0 Å². The summed E-state index contributed by atoms with van der Waals surface area (Å²) in [5, 5.41) is 10.7. The number of halogens is 1. The Morgan fingerprint density at radius 2 is 2.31 bits per heavy atom. The van der Waals surface area contributed by atoms with Crippen molar-refractivity contribution in [3.8, 4) is 0 Å². The van der Waals surface area contributed by atoms with Crippen LogP contribution in [0.15, 0.2) is 23.1 Å². The van der Waals surface area contributed by atoms with Crippen molar-refractivity contribution in [3.05, 3.63) is 38.9 Å². The summed E-state index contributed by atoms with van der Waals surface area (Å²) in [6.07, 6.45) is 0. The number of thioether (sulfide) groups is 1. The molecule has 0 radical (unpaired) electrons. The minimum absolute atomic E-state index is 0.150. The molecule has 1 rings (SSSR count). The molecule has 0 aliphatic carbocycles. The molecule has 0 aliphatic rings. The van der Waals surface area contributed by atoms with Crippen molar-refractivity contribution in [3.63, 3.8) is 0 Å². The van der Waals surface area contributed by atoms with Crippen LogP contribution in [0, 0.1) is 17.0 Å². The van der Waals surface area contributed by atoms with E-state index in [4.69, 9.17) is 11.6 Å². The summed E-state index contributed by atoms with van der Waals surface area (Å²) in [7, 11) is 0. The highest BCUT2D eigenvalue weighted by molar-refractivity contribution is 7.99. The van der Waals surface area contributed by atoms with Gasteiger partial charge in [0, 0.05) is 9.82 Å². The van der Waals surface area contributed by atoms with Crippen molar-refractivity contribution >= 4 is 23.4 Å². The quantitative estimate of drug-likeness (QED) is 0.338. The number of hydrogen-bond donors (Lipinski definition) is 0. The van der Waals surface area contributed by atoms with Gasteiger partial charge in [-0.3, -0.25) is 10.1 Å². The summed E-state index contributed by atoms with van der Waals surface area (Å²) < 4.78 is 0. The Kier molecular flexibility index (Phi) is 3.57. The molecule has 0 atom stereocenters. The first-order valence-electron chi connectivity index (χ1n) is 3.61. The summed E-state index contributed by atoms with van der Waals surface area (Å²) in [6.45, 7) is 1.87. The largest absolute Gasteiger partial charge is 0.264 e. The van der Waals surface area contributed by atoms with Gasteiger partial charge in [-0.1, -0.05) is 23.7 Å². The Labute approximate surface area is 85.2 Å². The molecule has 0 aliphatic heterocycles. The summed E-state index contributed by atoms with van der Waals surface area (Å²) >= 11 is 7.07. The SMILES string of the molecule is Cc1cccc(SC[N+](=O)[O-])c1Cl. The van der Waals surface area contributed by atoms with Crippen LogP contribution in [0.3, 0.4) is 0 Å². The molecule has 1 aromatic carbocycles. The van der Waals surface area contributed by atoms with Crippen LogP contribution in [0.2, 0.25) is 5.02 Å². The molecule has 1 aromatic rings. The first-order chi connectivity index (χ1) is 6.11. The van der Waals surface area contributed by atoms with E-state index < -0.39 is 0 Å². The molecule has 70 valence electrons. The Hall–Kier alpha value is -0.740. The lowest BCUT2D eigenvalue weighted by Gasteiger charge is -2.02. The Morgan fingerprint density at radius 3 is 2.92 bits per heavy atom. The van der Waals surface area contributed by atoms with E-state index in [1.807, 2.05) is 19.1 Å². The van der Waals surface area contributed by atoms with Crippen LogP contribution in [0.1, 0.15) is 5.56 Å². The van der Waals surface area contributed by atoms with Crippen LogP contribution in [0.25, 0.3) is 0 Å². The van der Waals surface area contributed by atoms with Gasteiger partial charge in [0.1, 0.15) is 0 Å². The van der Waals surface area contributed by atoms with E-state index in [0.29, 0.717) is 5.02 Å². The molecule has 0 aromatic heterocycles. The summed E-state index contributed by atoms with van der Waals surface area (Å²) in [5.74, 6) is -0.150. The number of nitrogens with zero attached hydrogens (tertiary/aromatic N) is 1. The molecule has 13 heavy (non-hydrogen) atoms. The Bertz CT molecular complexity index is 330. The van der Waals surface area contributed by atoms with Crippen LogP contribution < -0.4 is 0 Å². The summed E-state index contributed by atoms with van der Waals surface area (Å²) in [6, 6.07) is 5.49. The molecule has 5 heteroatoms. The zero-order valence-corrected chi connectivity index (χ0v) is 8.56. The highest BCUT2D eigenvalue weighted by Crippen LogP contribution is 2.29. The van der Waals surface area contributed by atoms with Gasteiger partial charge in [0.25, 0.3) is 5.88 Å². The fourth-order valence-corrected chi connectivity index (χ4v) is 1.85. The fraction of sp³-hybridized carbons (Fsp3) is 0.250. The Morgan fingerprint density at radius 1 is 1.62 bits per heavy atom. The number of benzene rings is 1. The smallest absolute Gasteiger partial charge is 0.253 e. The molecule has 0 saturated heterocycles. The van der Waals surface area contributed by atoms with Gasteiger partial charge in [0.05, 0.1) is 5.02 Å². The molecule has 0 spiro atoms. The summed E-state index contributed by atoms with van der Waals surface area (Å²) in [4.78, 5) is 10.5. The third-order valence-electron chi connectivity index (χ3n) is 1.48. The third kappa shape index (κ3) is 2.90. The lowest BCUT2D eigenvalue weighted by Crippen LogP contribution is -1.95. The van der Waals surface area contributed by atoms with E-state index in [-0.39, 0.29) is 10.8 Å². The molecule has 0 unspecified atom stereocenters. The van der Waals surface area contributed by atoms with Crippen molar-refractivity contribution < 1.29 is 4.92 Å². The molecule has 3 nitrogen and oxygen atoms in total. The fourth-order valence-electron chi connectivity index (χ4n) is 0.854. The molecular weight excluding hydrogens is 210 g/mol. The number of nitro groups is 1. The van der Waals surface area contributed by atoms with Crippen molar-refractivity contribution in [1.29, 1.82) is 0 Å². The minimum atomic E-state index is -0.372. The number of aryl methyl sites for hydroxylation is 1. The van der Waals surface area contributed by atoms with Crippen LogP contribution in [-0.4, -0.2) is 10.8 Å². The van der Waals surface area contributed by atoms with Gasteiger partial charge in [0.15, 0.2) is 0 Å². The van der Waals surface area contributed by atoms with Crippen LogP contribution >= 0.6 is 23.4 Å². The van der Waals surface area contributed by atoms with Crippen molar-refractivity contribution in [2.24, 2.45) is 0 Å². The molecule has 0 heterocycles. The second-order valence-corrected chi connectivity index (χ2v) is 3.86. The maximum atomic E-state index is 10.1. The highest BCUT2D eigenvalue weighted by Gasteiger charge is 2.06. The summed E-state index contributed by atoms with van der Waals surface area (Å²) in [5.41, 5.74) is 0.940. The number of hydrogen-bond acceptors (Lipinski definition) is 3. The van der Waals surface area contributed by atoms with Crippen LogP contribution in [0.4, 0.5) is 0 Å². The predicted molar refractivity (Wildman–Crippen MR) is 53.9 cm³/mol. The topological polar surface area (TPSA) is 43.1 Å². The zero-order valence-electron chi connectivity index (χ0n) is 6.99. The van der Waals surface area contributed by atoms with Gasteiger partial charge in [-0.25, -0.2) is 0 Å². The van der Waals surface area contributed by atoms with Crippen LogP contribution in [0.5, 0.6) is 0 Å². The number of rotatable bonds is 3. The first-order valence-corrected chi connectivity index (χ1v) is 4.97. The van der Waals surface area contributed by atoms with E-state index in [0.717, 1.165) is 22.2 Å². The molecule has 0 N–H and O–H groups in total. The predicted octanol–water partition coefficient (Wildman–Crippen LogP) is 2.97. The zero-order chi connectivity index (χ0) is 9.84. The molecule has 0 amide bonds. The Balaban J connectivity index is 2.77. The maximum absolute atomic E-state index is 10.1. The standard InChI is InChI=1S/C8H8ClNO2S/c1-6-3-2-4-7(8(6)9)13-5-10(11)12/h2-4H,5H2,1H3. The monoisotopic (exact) mass is 217 g/mol. The molecule has 0 fully saturated rings. The first kappa shape index (κ1) is 10.3. The van der Waals surface area contributed by atoms with Gasteiger partial charge in [0.2, 0.25) is 0 Å². The average molecular weight is 218 g/mol. The van der Waals surface area contributed by atoms with Crippen molar-refractivity contribution in [2.45, 2.75) is 11.8 Å². The lowest BCUT2D eigenvalue weighted by molar-refractivity contribution is -0.456. The van der Waals surface area contributed by atoms with E-state index in [2.05, 4.69) is 0 Å². The van der Waals surface area contributed by atoms with Gasteiger partial charge >= 0.3 is 0 Å². The second-order valence-electron chi connectivity index (χ2n) is 2.49. The van der Waals surface area contributed by atoms with Gasteiger partial charge in [-0.2, -0.15) is 0 Å². The maximum Gasteiger partial charge on any atom is 0.253 e. The molecule has 0 bridgehead atoms. The van der Waals surface area contributed by atoms with Gasteiger partial charge < -0.3 is 0 Å². The van der Waals surface area contributed by atoms with E-state index >= 15 is 0 Å². The molecular formula is C8H8ClNO2S. The normalized spacial score (nSPS) is 10.0. The molecule has 0 saturated carbocycles. The van der Waals surface area contributed by atoms with Crippen LogP contribution in [-0.2, 0) is 0 Å². The second kappa shape index (κ2) is 4.48. The van der Waals surface area contributed by atoms with Crippen molar-refractivity contribution in [2.75, 3.05) is 5.88 Å². The van der Waals surface area contributed by atoms with E-state index in [1.165, 1.54) is 0 Å². The van der Waals surface area contributed by atoms with E-state index in [1.54, 1.807) is 6.07 Å². The van der Waals surface area contributed by atoms with E-state index in [9.17, 15) is 10.1 Å². The van der Waals surface area contributed by atoms with Gasteiger partial charge in [-0.15, -0.1) is 0 Å². The van der Waals surface area contributed by atoms with Gasteiger partial charge in [-0.05, 0) is 30.3 Å². The highest BCUT2D eigenvalue weighted by atomic mass is 35.5. The average Bonchev–Trinajstić information content (AvgIpc) is 2.07.